The van der Waals surface area contributed by atoms with Crippen LogP contribution in [-0.4, -0.2) is 29.7 Å². The van der Waals surface area contributed by atoms with Crippen molar-refractivity contribution in [3.05, 3.63) is 10.8 Å². The van der Waals surface area contributed by atoms with Crippen LogP contribution in [0, 0.1) is 5.92 Å². The molecule has 1 saturated carbocycles. The first kappa shape index (κ1) is 12.2. The van der Waals surface area contributed by atoms with E-state index in [0.717, 1.165) is 36.0 Å². The van der Waals surface area contributed by atoms with Crippen molar-refractivity contribution in [1.82, 2.24) is 9.97 Å². The minimum atomic E-state index is 0.693. The van der Waals surface area contributed by atoms with Gasteiger partial charge in [-0.15, -0.1) is 0 Å². The zero-order valence-corrected chi connectivity index (χ0v) is 12.0. The Morgan fingerprint density at radius 2 is 2.06 bits per heavy atom. The van der Waals surface area contributed by atoms with E-state index in [9.17, 15) is 0 Å². The summed E-state index contributed by atoms with van der Waals surface area (Å²) in [4.78, 5) is 11.2. The lowest BCUT2D eigenvalue weighted by Gasteiger charge is -2.26. The monoisotopic (exact) mass is 311 g/mol. The van der Waals surface area contributed by atoms with Gasteiger partial charge in [-0.25, -0.2) is 9.97 Å². The standard InChI is InChI=1S/C13H18BrN3O/c14-11-8-15-12(17-6-1-2-7-17)13(16-11)18-9-10-4-3-5-10/h8,10H,1-7,9H2. The van der Waals surface area contributed by atoms with Crippen molar-refractivity contribution < 1.29 is 4.74 Å². The molecule has 2 heterocycles. The zero-order valence-electron chi connectivity index (χ0n) is 10.4. The molecule has 1 aliphatic carbocycles. The Kier molecular flexibility index (Phi) is 3.68. The predicted octanol–water partition coefficient (Wildman–Crippen LogP) is 3.02. The van der Waals surface area contributed by atoms with Crippen molar-refractivity contribution in [2.24, 2.45) is 5.92 Å². The summed E-state index contributed by atoms with van der Waals surface area (Å²) in [6.45, 7) is 2.91. The number of halogens is 1. The highest BCUT2D eigenvalue weighted by atomic mass is 79.9. The van der Waals surface area contributed by atoms with E-state index < -0.39 is 0 Å². The van der Waals surface area contributed by atoms with Crippen LogP contribution in [0.4, 0.5) is 5.82 Å². The molecule has 5 heteroatoms. The fraction of sp³-hybridized carbons (Fsp3) is 0.692. The van der Waals surface area contributed by atoms with Crippen LogP contribution < -0.4 is 9.64 Å². The van der Waals surface area contributed by atoms with Crippen LogP contribution in [0.1, 0.15) is 32.1 Å². The molecule has 0 bridgehead atoms. The summed E-state index contributed by atoms with van der Waals surface area (Å²) < 4.78 is 6.63. The third-order valence-electron chi connectivity index (χ3n) is 3.78. The molecule has 0 spiro atoms. The van der Waals surface area contributed by atoms with Gasteiger partial charge in [-0.3, -0.25) is 0 Å². The lowest BCUT2D eigenvalue weighted by atomic mass is 9.86. The molecule has 2 aliphatic rings. The Balaban J connectivity index is 1.73. The van der Waals surface area contributed by atoms with Gasteiger partial charge >= 0.3 is 0 Å². The molecule has 2 fully saturated rings. The van der Waals surface area contributed by atoms with Gasteiger partial charge in [0.2, 0.25) is 0 Å². The highest BCUT2D eigenvalue weighted by molar-refractivity contribution is 9.10. The van der Waals surface area contributed by atoms with E-state index >= 15 is 0 Å². The van der Waals surface area contributed by atoms with Crippen molar-refractivity contribution in [2.45, 2.75) is 32.1 Å². The van der Waals surface area contributed by atoms with E-state index in [1.807, 2.05) is 0 Å². The summed E-state index contributed by atoms with van der Waals surface area (Å²) in [5.41, 5.74) is 0. The highest BCUT2D eigenvalue weighted by Gasteiger charge is 2.22. The lowest BCUT2D eigenvalue weighted by molar-refractivity contribution is 0.175. The average Bonchev–Trinajstić information content (AvgIpc) is 2.80. The highest BCUT2D eigenvalue weighted by Crippen LogP contribution is 2.31. The van der Waals surface area contributed by atoms with E-state index in [4.69, 9.17) is 4.74 Å². The number of ether oxygens (including phenoxy) is 1. The predicted molar refractivity (Wildman–Crippen MR) is 74.0 cm³/mol. The number of anilines is 1. The van der Waals surface area contributed by atoms with Gasteiger partial charge in [0.15, 0.2) is 5.82 Å². The summed E-state index contributed by atoms with van der Waals surface area (Å²) in [5, 5.41) is 0. The van der Waals surface area contributed by atoms with E-state index in [2.05, 4.69) is 30.8 Å². The molecular formula is C13H18BrN3O. The van der Waals surface area contributed by atoms with Crippen molar-refractivity contribution in [2.75, 3.05) is 24.6 Å². The lowest BCUT2D eigenvalue weighted by Crippen LogP contribution is -2.23. The first-order valence-corrected chi connectivity index (χ1v) is 7.52. The average molecular weight is 312 g/mol. The third-order valence-corrected chi connectivity index (χ3v) is 4.16. The fourth-order valence-corrected chi connectivity index (χ4v) is 2.71. The molecule has 0 atom stereocenters. The number of nitrogens with zero attached hydrogens (tertiary/aromatic N) is 3. The Labute approximate surface area is 116 Å². The molecule has 1 aliphatic heterocycles. The SMILES string of the molecule is Brc1cnc(N2CCCC2)c(OCC2CCC2)n1. The molecule has 0 amide bonds. The number of aromatic nitrogens is 2. The molecule has 0 radical (unpaired) electrons. The summed E-state index contributed by atoms with van der Waals surface area (Å²) in [6, 6.07) is 0. The van der Waals surface area contributed by atoms with Gasteiger partial charge in [-0.05, 0) is 47.5 Å². The topological polar surface area (TPSA) is 38.2 Å². The maximum atomic E-state index is 5.89. The van der Waals surface area contributed by atoms with Crippen molar-refractivity contribution in [3.63, 3.8) is 0 Å². The van der Waals surface area contributed by atoms with Crippen molar-refractivity contribution >= 4 is 21.7 Å². The van der Waals surface area contributed by atoms with Crippen LogP contribution in [0.5, 0.6) is 5.88 Å². The largest absolute Gasteiger partial charge is 0.475 e. The quantitative estimate of drug-likeness (QED) is 0.856. The van der Waals surface area contributed by atoms with E-state index in [-0.39, 0.29) is 0 Å². The van der Waals surface area contributed by atoms with Crippen LogP contribution in [0.15, 0.2) is 10.8 Å². The Bertz CT molecular complexity index is 417. The molecule has 0 aromatic carbocycles. The molecule has 3 rings (SSSR count). The van der Waals surface area contributed by atoms with E-state index in [1.54, 1.807) is 6.20 Å². The van der Waals surface area contributed by atoms with E-state index in [1.165, 1.54) is 32.1 Å². The molecule has 1 saturated heterocycles. The Hall–Kier alpha value is -0.840. The molecular weight excluding hydrogens is 294 g/mol. The molecule has 0 N–H and O–H groups in total. The van der Waals surface area contributed by atoms with Crippen molar-refractivity contribution in [3.8, 4) is 5.88 Å². The molecule has 1 aromatic rings. The van der Waals surface area contributed by atoms with Gasteiger partial charge in [-0.1, -0.05) is 6.42 Å². The van der Waals surface area contributed by atoms with Crippen LogP contribution >= 0.6 is 15.9 Å². The summed E-state index contributed by atoms with van der Waals surface area (Å²) >= 11 is 3.37. The van der Waals surface area contributed by atoms with Gasteiger partial charge in [0.05, 0.1) is 12.8 Å². The second kappa shape index (κ2) is 5.43. The Morgan fingerprint density at radius 3 is 2.72 bits per heavy atom. The van der Waals surface area contributed by atoms with Crippen LogP contribution in [0.25, 0.3) is 0 Å². The second-order valence-corrected chi connectivity index (χ2v) is 5.94. The molecule has 0 unspecified atom stereocenters. The van der Waals surface area contributed by atoms with Gasteiger partial charge in [0.25, 0.3) is 5.88 Å². The summed E-state index contributed by atoms with van der Waals surface area (Å²) in [7, 11) is 0. The number of hydrogen-bond donors (Lipinski definition) is 0. The minimum Gasteiger partial charge on any atom is -0.475 e. The van der Waals surface area contributed by atoms with Gasteiger partial charge in [0, 0.05) is 13.1 Å². The van der Waals surface area contributed by atoms with Crippen LogP contribution in [0.3, 0.4) is 0 Å². The molecule has 4 nitrogen and oxygen atoms in total. The summed E-state index contributed by atoms with van der Waals surface area (Å²) in [5.74, 6) is 2.32. The maximum absolute atomic E-state index is 5.89. The fourth-order valence-electron chi connectivity index (χ4n) is 2.44. The van der Waals surface area contributed by atoms with Gasteiger partial charge in [-0.2, -0.15) is 0 Å². The normalized spacial score (nSPS) is 19.9. The molecule has 98 valence electrons. The summed E-state index contributed by atoms with van der Waals surface area (Å²) in [6.07, 6.45) is 8.15. The number of rotatable bonds is 4. The molecule has 1 aromatic heterocycles. The minimum absolute atomic E-state index is 0.693. The van der Waals surface area contributed by atoms with Crippen LogP contribution in [0.2, 0.25) is 0 Å². The van der Waals surface area contributed by atoms with Gasteiger partial charge < -0.3 is 9.64 Å². The second-order valence-electron chi connectivity index (χ2n) is 5.12. The zero-order chi connectivity index (χ0) is 12.4. The van der Waals surface area contributed by atoms with E-state index in [0.29, 0.717) is 5.88 Å². The number of hydrogen-bond acceptors (Lipinski definition) is 4. The third kappa shape index (κ3) is 2.60. The smallest absolute Gasteiger partial charge is 0.258 e. The Morgan fingerprint density at radius 1 is 1.28 bits per heavy atom. The first-order chi connectivity index (χ1) is 8.83. The first-order valence-electron chi connectivity index (χ1n) is 6.73. The van der Waals surface area contributed by atoms with Crippen molar-refractivity contribution in [1.29, 1.82) is 0 Å². The maximum Gasteiger partial charge on any atom is 0.258 e. The molecule has 18 heavy (non-hydrogen) atoms. The van der Waals surface area contributed by atoms with Crippen LogP contribution in [-0.2, 0) is 0 Å². The van der Waals surface area contributed by atoms with Gasteiger partial charge in [0.1, 0.15) is 4.60 Å².